The van der Waals surface area contributed by atoms with E-state index >= 15 is 0 Å². The third-order valence-electron chi connectivity index (χ3n) is 2.81. The number of phenols is 1. The fourth-order valence-corrected chi connectivity index (χ4v) is 2.00. The summed E-state index contributed by atoms with van der Waals surface area (Å²) < 4.78 is 64.8. The van der Waals surface area contributed by atoms with E-state index < -0.39 is 29.5 Å². The molecule has 2 aromatic carbocycles. The molecule has 0 radical (unpaired) electrons. The molecule has 20 heavy (non-hydrogen) atoms. The summed E-state index contributed by atoms with van der Waals surface area (Å²) >= 11 is 0. The predicted molar refractivity (Wildman–Crippen MR) is 63.5 cm³/mol. The highest BCUT2D eigenvalue weighted by Gasteiger charge is 2.40. The number of hydrogen-bond acceptors (Lipinski definition) is 1. The normalized spacial score (nSPS) is 11.9. The SMILES string of the molecule is Oc1ccc(-c2ccccc2)c(C(F)F)c1C(F)(F)F. The van der Waals surface area contributed by atoms with Gasteiger partial charge in [-0.25, -0.2) is 8.78 Å². The van der Waals surface area contributed by atoms with Crippen molar-refractivity contribution in [2.45, 2.75) is 12.6 Å². The molecule has 0 spiro atoms. The molecule has 0 atom stereocenters. The van der Waals surface area contributed by atoms with Crippen LogP contribution in [0.25, 0.3) is 11.1 Å². The van der Waals surface area contributed by atoms with E-state index in [0.717, 1.165) is 12.1 Å². The van der Waals surface area contributed by atoms with Crippen molar-refractivity contribution in [2.24, 2.45) is 0 Å². The van der Waals surface area contributed by atoms with Crippen LogP contribution in [0.3, 0.4) is 0 Å². The summed E-state index contributed by atoms with van der Waals surface area (Å²) in [7, 11) is 0. The molecular formula is C14H9F5O. The minimum atomic E-state index is -5.05. The molecule has 1 N–H and O–H groups in total. The van der Waals surface area contributed by atoms with E-state index in [9.17, 15) is 27.1 Å². The van der Waals surface area contributed by atoms with E-state index in [2.05, 4.69) is 0 Å². The Morgan fingerprint density at radius 1 is 0.900 bits per heavy atom. The number of rotatable bonds is 2. The molecule has 0 bridgehead atoms. The van der Waals surface area contributed by atoms with Crippen LogP contribution in [0.1, 0.15) is 17.6 Å². The Morgan fingerprint density at radius 3 is 2.00 bits per heavy atom. The molecule has 1 nitrogen and oxygen atoms in total. The van der Waals surface area contributed by atoms with Gasteiger partial charge in [-0.15, -0.1) is 0 Å². The summed E-state index contributed by atoms with van der Waals surface area (Å²) in [5.41, 5.74) is -2.91. The van der Waals surface area contributed by atoms with Gasteiger partial charge >= 0.3 is 6.18 Å². The average molecular weight is 288 g/mol. The quantitative estimate of drug-likeness (QED) is 0.770. The Labute approximate surface area is 111 Å². The van der Waals surface area contributed by atoms with E-state index in [1.54, 1.807) is 6.07 Å². The maximum Gasteiger partial charge on any atom is 0.420 e. The minimum absolute atomic E-state index is 0.230. The summed E-state index contributed by atoms with van der Waals surface area (Å²) in [5, 5.41) is 9.29. The van der Waals surface area contributed by atoms with Crippen molar-refractivity contribution in [2.75, 3.05) is 0 Å². The first kappa shape index (κ1) is 14.3. The van der Waals surface area contributed by atoms with Gasteiger partial charge in [0.15, 0.2) is 0 Å². The summed E-state index contributed by atoms with van der Waals surface area (Å²) in [5.74, 6) is -1.20. The highest BCUT2D eigenvalue weighted by atomic mass is 19.4. The first-order valence-electron chi connectivity index (χ1n) is 5.59. The molecule has 0 fully saturated rings. The van der Waals surface area contributed by atoms with Gasteiger partial charge in [0.1, 0.15) is 11.3 Å². The molecule has 0 unspecified atom stereocenters. The van der Waals surface area contributed by atoms with Crippen molar-refractivity contribution >= 4 is 0 Å². The van der Waals surface area contributed by atoms with Crippen molar-refractivity contribution in [3.05, 3.63) is 53.6 Å². The first-order chi connectivity index (χ1) is 9.32. The van der Waals surface area contributed by atoms with Gasteiger partial charge in [0, 0.05) is 5.56 Å². The topological polar surface area (TPSA) is 20.2 Å². The van der Waals surface area contributed by atoms with E-state index in [0.29, 0.717) is 0 Å². The molecule has 0 saturated carbocycles. The molecule has 0 amide bonds. The fraction of sp³-hybridized carbons (Fsp3) is 0.143. The number of benzene rings is 2. The second-order valence-electron chi connectivity index (χ2n) is 4.09. The van der Waals surface area contributed by atoms with Crippen molar-refractivity contribution in [1.29, 1.82) is 0 Å². The van der Waals surface area contributed by atoms with Gasteiger partial charge in [-0.05, 0) is 17.2 Å². The van der Waals surface area contributed by atoms with Crippen LogP contribution >= 0.6 is 0 Å². The monoisotopic (exact) mass is 288 g/mol. The fourth-order valence-electron chi connectivity index (χ4n) is 2.00. The molecule has 106 valence electrons. The zero-order valence-corrected chi connectivity index (χ0v) is 9.96. The lowest BCUT2D eigenvalue weighted by atomic mass is 9.94. The molecule has 2 rings (SSSR count). The smallest absolute Gasteiger partial charge is 0.420 e. The maximum absolute atomic E-state index is 13.1. The number of alkyl halides is 5. The molecule has 0 saturated heterocycles. The summed E-state index contributed by atoms with van der Waals surface area (Å²) in [6, 6.07) is 9.38. The molecule has 2 aromatic rings. The van der Waals surface area contributed by atoms with Crippen molar-refractivity contribution < 1.29 is 27.1 Å². The van der Waals surface area contributed by atoms with Gasteiger partial charge in [0.25, 0.3) is 6.43 Å². The maximum atomic E-state index is 13.1. The molecular weight excluding hydrogens is 279 g/mol. The van der Waals surface area contributed by atoms with Crippen LogP contribution in [-0.4, -0.2) is 5.11 Å². The number of phenolic OH excluding ortho intramolecular Hbond substituents is 1. The molecule has 0 aliphatic carbocycles. The standard InChI is InChI=1S/C14H9F5O/c15-13(16)11-9(8-4-2-1-3-5-8)6-7-10(20)12(11)14(17,18)19/h1-7,13,20H. The van der Waals surface area contributed by atoms with E-state index in [4.69, 9.17) is 0 Å². The summed E-state index contributed by atoms with van der Waals surface area (Å²) in [4.78, 5) is 0. The highest BCUT2D eigenvalue weighted by Crippen LogP contribution is 2.45. The molecule has 6 heteroatoms. The predicted octanol–water partition coefficient (Wildman–Crippen LogP) is 5.02. The Bertz CT molecular complexity index is 605. The highest BCUT2D eigenvalue weighted by molar-refractivity contribution is 5.71. The van der Waals surface area contributed by atoms with Gasteiger partial charge in [0.05, 0.1) is 0 Å². The lowest BCUT2D eigenvalue weighted by Crippen LogP contribution is -2.11. The van der Waals surface area contributed by atoms with Gasteiger partial charge in [-0.1, -0.05) is 36.4 Å². The van der Waals surface area contributed by atoms with Crippen molar-refractivity contribution in [3.8, 4) is 16.9 Å². The summed E-state index contributed by atoms with van der Waals surface area (Å²) in [6.45, 7) is 0. The van der Waals surface area contributed by atoms with Gasteiger partial charge < -0.3 is 5.11 Å². The van der Waals surface area contributed by atoms with Gasteiger partial charge in [-0.3, -0.25) is 0 Å². The van der Waals surface area contributed by atoms with Crippen LogP contribution in [0.5, 0.6) is 5.75 Å². The zero-order chi connectivity index (χ0) is 14.9. The first-order valence-corrected chi connectivity index (χ1v) is 5.59. The van der Waals surface area contributed by atoms with Gasteiger partial charge in [-0.2, -0.15) is 13.2 Å². The minimum Gasteiger partial charge on any atom is -0.507 e. The van der Waals surface area contributed by atoms with Crippen LogP contribution in [0, 0.1) is 0 Å². The van der Waals surface area contributed by atoms with E-state index in [-0.39, 0.29) is 11.1 Å². The molecule has 0 aliphatic heterocycles. The number of aromatic hydroxyl groups is 1. The van der Waals surface area contributed by atoms with E-state index in [1.807, 2.05) is 0 Å². The zero-order valence-electron chi connectivity index (χ0n) is 9.96. The largest absolute Gasteiger partial charge is 0.507 e. The Kier molecular flexibility index (Phi) is 3.65. The van der Waals surface area contributed by atoms with Crippen LogP contribution in [-0.2, 0) is 6.18 Å². The Morgan fingerprint density at radius 2 is 1.50 bits per heavy atom. The number of halogens is 5. The Balaban J connectivity index is 2.78. The van der Waals surface area contributed by atoms with Crippen molar-refractivity contribution in [3.63, 3.8) is 0 Å². The number of hydrogen-bond donors (Lipinski definition) is 1. The third kappa shape index (κ3) is 2.59. The molecule has 0 aromatic heterocycles. The lowest BCUT2D eigenvalue weighted by molar-refractivity contribution is -0.140. The average Bonchev–Trinajstić information content (AvgIpc) is 2.37. The van der Waals surface area contributed by atoms with E-state index in [1.165, 1.54) is 24.3 Å². The molecule has 0 heterocycles. The van der Waals surface area contributed by atoms with Crippen LogP contribution in [0.15, 0.2) is 42.5 Å². The second kappa shape index (κ2) is 5.11. The van der Waals surface area contributed by atoms with Crippen LogP contribution in [0.2, 0.25) is 0 Å². The lowest BCUT2D eigenvalue weighted by Gasteiger charge is -2.18. The van der Waals surface area contributed by atoms with Crippen LogP contribution < -0.4 is 0 Å². The van der Waals surface area contributed by atoms with Gasteiger partial charge in [0.2, 0.25) is 0 Å². The second-order valence-corrected chi connectivity index (χ2v) is 4.09. The third-order valence-corrected chi connectivity index (χ3v) is 2.81. The van der Waals surface area contributed by atoms with Crippen molar-refractivity contribution in [1.82, 2.24) is 0 Å². The molecule has 0 aliphatic rings. The summed E-state index contributed by atoms with van der Waals surface area (Å²) in [6.07, 6.45) is -8.41. The Hall–Kier alpha value is -2.11. The van der Waals surface area contributed by atoms with Crippen LogP contribution in [0.4, 0.5) is 22.0 Å².